The van der Waals surface area contributed by atoms with Crippen LogP contribution in [0.5, 0.6) is 11.5 Å². The molecule has 10 heteroatoms. The lowest BCUT2D eigenvalue weighted by atomic mass is 10.2. The van der Waals surface area contributed by atoms with E-state index in [2.05, 4.69) is 15.5 Å². The van der Waals surface area contributed by atoms with Gasteiger partial charge in [-0.3, -0.25) is 18.6 Å². The van der Waals surface area contributed by atoms with Crippen molar-refractivity contribution in [1.29, 1.82) is 0 Å². The van der Waals surface area contributed by atoms with Crippen LogP contribution in [-0.4, -0.2) is 44.5 Å². The van der Waals surface area contributed by atoms with Crippen LogP contribution in [0, 0.1) is 0 Å². The number of nitrogens with one attached hydrogen (secondary N) is 1. The summed E-state index contributed by atoms with van der Waals surface area (Å²) in [4.78, 5) is 25.9. The maximum atomic E-state index is 13.0. The monoisotopic (exact) mass is 465 g/mol. The Morgan fingerprint density at radius 2 is 1.88 bits per heavy atom. The van der Waals surface area contributed by atoms with Gasteiger partial charge in [-0.05, 0) is 30.7 Å². The van der Waals surface area contributed by atoms with Gasteiger partial charge in [0.1, 0.15) is 11.5 Å². The molecule has 0 radical (unpaired) electrons. The maximum absolute atomic E-state index is 13.0. The lowest BCUT2D eigenvalue weighted by molar-refractivity contribution is -0.115. The first-order chi connectivity index (χ1) is 16.0. The Hall–Kier alpha value is -3.79. The molecule has 1 N–H and O–H groups in total. The summed E-state index contributed by atoms with van der Waals surface area (Å²) in [6.07, 6.45) is 3.94. The molecule has 0 aliphatic carbocycles. The van der Waals surface area contributed by atoms with Crippen LogP contribution in [-0.2, 0) is 4.79 Å². The summed E-state index contributed by atoms with van der Waals surface area (Å²) in [7, 11) is 3.09. The zero-order chi connectivity index (χ0) is 23.4. The highest BCUT2D eigenvalue weighted by atomic mass is 32.2. The van der Waals surface area contributed by atoms with E-state index in [9.17, 15) is 9.59 Å². The molecule has 2 aromatic heterocycles. The molecule has 2 heterocycles. The molecule has 0 saturated carbocycles. The molecule has 0 aliphatic rings. The quantitative estimate of drug-likeness (QED) is 0.398. The van der Waals surface area contributed by atoms with E-state index >= 15 is 0 Å². The number of carbonyl (C=O) groups is 1. The first kappa shape index (κ1) is 22.4. The van der Waals surface area contributed by atoms with Crippen LogP contribution in [0.2, 0.25) is 0 Å². The summed E-state index contributed by atoms with van der Waals surface area (Å²) >= 11 is 1.25. The highest BCUT2D eigenvalue weighted by molar-refractivity contribution is 8.00. The third-order valence-corrected chi connectivity index (χ3v) is 6.37. The fourth-order valence-corrected chi connectivity index (χ4v) is 4.24. The smallest absolute Gasteiger partial charge is 0.300 e. The van der Waals surface area contributed by atoms with Crippen molar-refractivity contribution in [2.24, 2.45) is 0 Å². The van der Waals surface area contributed by atoms with Gasteiger partial charge in [0, 0.05) is 24.1 Å². The van der Waals surface area contributed by atoms with Crippen molar-refractivity contribution in [3.63, 3.8) is 0 Å². The van der Waals surface area contributed by atoms with Gasteiger partial charge >= 0.3 is 5.56 Å². The second-order valence-corrected chi connectivity index (χ2v) is 8.23. The van der Waals surface area contributed by atoms with Gasteiger partial charge in [-0.25, -0.2) is 0 Å². The average Bonchev–Trinajstić information content (AvgIpc) is 3.27. The predicted octanol–water partition coefficient (Wildman–Crippen LogP) is 3.41. The molecule has 9 nitrogen and oxygen atoms in total. The van der Waals surface area contributed by atoms with Crippen LogP contribution in [0.15, 0.2) is 70.9 Å². The van der Waals surface area contributed by atoms with Crippen LogP contribution in [0.1, 0.15) is 13.3 Å². The molecule has 0 unspecified atom stereocenters. The Morgan fingerprint density at radius 1 is 1.09 bits per heavy atom. The first-order valence-corrected chi connectivity index (χ1v) is 11.1. The van der Waals surface area contributed by atoms with E-state index in [4.69, 9.17) is 9.47 Å². The van der Waals surface area contributed by atoms with E-state index in [0.29, 0.717) is 28.8 Å². The van der Waals surface area contributed by atoms with E-state index < -0.39 is 5.25 Å². The number of rotatable bonds is 8. The molecule has 1 amide bonds. The largest absolute Gasteiger partial charge is 0.497 e. The van der Waals surface area contributed by atoms with Gasteiger partial charge in [-0.15, -0.1) is 10.2 Å². The van der Waals surface area contributed by atoms with Crippen LogP contribution < -0.4 is 20.3 Å². The van der Waals surface area contributed by atoms with Gasteiger partial charge in [0.15, 0.2) is 5.16 Å². The molecule has 33 heavy (non-hydrogen) atoms. The Morgan fingerprint density at radius 3 is 2.58 bits per heavy atom. The van der Waals surface area contributed by atoms with E-state index in [-0.39, 0.29) is 17.1 Å². The first-order valence-electron chi connectivity index (χ1n) is 10.3. The summed E-state index contributed by atoms with van der Waals surface area (Å²) in [6, 6.07) is 14.5. The maximum Gasteiger partial charge on any atom is 0.300 e. The zero-order valence-electron chi connectivity index (χ0n) is 18.4. The number of fused-ring (bicyclic) bond motifs is 1. The molecule has 0 aliphatic heterocycles. The van der Waals surface area contributed by atoms with Crippen molar-refractivity contribution in [2.45, 2.75) is 23.8 Å². The van der Waals surface area contributed by atoms with Gasteiger partial charge in [-0.2, -0.15) is 0 Å². The number of anilines is 1. The molecule has 1 atom stereocenters. The Bertz CT molecular complexity index is 1340. The molecule has 0 fully saturated rings. The number of para-hydroxylation sites is 1. The number of carbonyl (C=O) groups excluding carboxylic acids is 1. The summed E-state index contributed by atoms with van der Waals surface area (Å²) in [5, 5.41) is 11.1. The number of nitrogens with zero attached hydrogens (tertiary/aromatic N) is 4. The minimum atomic E-state index is -0.458. The van der Waals surface area contributed by atoms with Crippen molar-refractivity contribution in [3.8, 4) is 17.2 Å². The Balaban J connectivity index is 1.57. The number of ether oxygens (including phenoxy) is 2. The van der Waals surface area contributed by atoms with Crippen LogP contribution in [0.25, 0.3) is 11.3 Å². The normalized spacial score (nSPS) is 11.8. The molecular formula is C23H23N5O4S. The summed E-state index contributed by atoms with van der Waals surface area (Å²) in [6.45, 7) is 1.91. The molecule has 4 rings (SSSR count). The number of benzene rings is 2. The van der Waals surface area contributed by atoms with E-state index in [1.54, 1.807) is 42.1 Å². The molecule has 170 valence electrons. The number of aromatic nitrogens is 4. The van der Waals surface area contributed by atoms with Crippen molar-refractivity contribution in [2.75, 3.05) is 19.5 Å². The van der Waals surface area contributed by atoms with Crippen molar-refractivity contribution < 1.29 is 14.3 Å². The molecule has 2 aromatic carbocycles. The zero-order valence-corrected chi connectivity index (χ0v) is 19.2. The minimum absolute atomic E-state index is 0.191. The van der Waals surface area contributed by atoms with Gasteiger partial charge in [0.05, 0.1) is 25.2 Å². The van der Waals surface area contributed by atoms with Gasteiger partial charge in [0.2, 0.25) is 11.6 Å². The number of hydrogen-bond acceptors (Lipinski definition) is 7. The SMILES string of the molecule is CC[C@H](Sc1nnc2c(=O)n(-c3ccccc3)ccn12)C(=O)Nc1ccc(OC)cc1OC. The highest BCUT2D eigenvalue weighted by Crippen LogP contribution is 2.31. The third kappa shape index (κ3) is 4.56. The van der Waals surface area contributed by atoms with Crippen LogP contribution in [0.3, 0.4) is 0 Å². The Kier molecular flexibility index (Phi) is 6.64. The fourth-order valence-electron chi connectivity index (χ4n) is 3.30. The second kappa shape index (κ2) is 9.78. The predicted molar refractivity (Wildman–Crippen MR) is 127 cm³/mol. The molecular weight excluding hydrogens is 442 g/mol. The topological polar surface area (TPSA) is 99.8 Å². The van der Waals surface area contributed by atoms with E-state index in [1.807, 2.05) is 37.3 Å². The molecule has 0 saturated heterocycles. The van der Waals surface area contributed by atoms with Crippen LogP contribution >= 0.6 is 11.8 Å². The third-order valence-electron chi connectivity index (χ3n) is 5.05. The van der Waals surface area contributed by atoms with Gasteiger partial charge < -0.3 is 14.8 Å². The molecule has 0 spiro atoms. The van der Waals surface area contributed by atoms with E-state index in [0.717, 1.165) is 5.69 Å². The number of methoxy groups -OCH3 is 2. The van der Waals surface area contributed by atoms with E-state index in [1.165, 1.54) is 23.4 Å². The van der Waals surface area contributed by atoms with Gasteiger partial charge in [-0.1, -0.05) is 36.9 Å². The summed E-state index contributed by atoms with van der Waals surface area (Å²) in [5.41, 5.74) is 1.18. The van der Waals surface area contributed by atoms with Crippen molar-refractivity contribution >= 4 is 29.0 Å². The fraction of sp³-hybridized carbons (Fsp3) is 0.217. The summed E-state index contributed by atoms with van der Waals surface area (Å²) in [5.74, 6) is 0.916. The van der Waals surface area contributed by atoms with Crippen LogP contribution in [0.4, 0.5) is 5.69 Å². The summed E-state index contributed by atoms with van der Waals surface area (Å²) < 4.78 is 13.7. The van der Waals surface area contributed by atoms with Crippen molar-refractivity contribution in [1.82, 2.24) is 19.2 Å². The lowest BCUT2D eigenvalue weighted by Crippen LogP contribution is -2.25. The minimum Gasteiger partial charge on any atom is -0.497 e. The standard InChI is InChI=1S/C23H23N5O4S/c1-4-19(21(29)24-17-11-10-16(31-2)14-18(17)32-3)33-23-26-25-20-22(30)27(12-13-28(20)23)15-8-6-5-7-9-15/h5-14,19H,4H2,1-3H3,(H,24,29)/t19-/m0/s1. The van der Waals surface area contributed by atoms with Crippen molar-refractivity contribution in [3.05, 3.63) is 71.3 Å². The molecule has 4 aromatic rings. The number of amides is 1. The lowest BCUT2D eigenvalue weighted by Gasteiger charge is -2.16. The average molecular weight is 466 g/mol. The second-order valence-electron chi connectivity index (χ2n) is 7.06. The molecule has 0 bridgehead atoms. The van der Waals surface area contributed by atoms with Gasteiger partial charge in [0.25, 0.3) is 0 Å². The number of thioether (sulfide) groups is 1. The Labute approximate surface area is 194 Å². The number of hydrogen-bond donors (Lipinski definition) is 1. The highest BCUT2D eigenvalue weighted by Gasteiger charge is 2.23.